The highest BCUT2D eigenvalue weighted by molar-refractivity contribution is 6.02. The number of rotatable bonds is 8. The monoisotopic (exact) mass is 343 g/mol. The van der Waals surface area contributed by atoms with Crippen LogP contribution in [0.4, 0.5) is 10.1 Å². The minimum Gasteiger partial charge on any atom is -0.497 e. The zero-order valence-corrected chi connectivity index (χ0v) is 14.4. The van der Waals surface area contributed by atoms with Gasteiger partial charge >= 0.3 is 0 Å². The molecule has 0 aromatic heterocycles. The summed E-state index contributed by atoms with van der Waals surface area (Å²) in [7, 11) is 1.47. The van der Waals surface area contributed by atoms with Gasteiger partial charge < -0.3 is 14.8 Å². The summed E-state index contributed by atoms with van der Waals surface area (Å²) in [5.41, 5.74) is 0.895. The summed E-state index contributed by atoms with van der Waals surface area (Å²) >= 11 is 0. The van der Waals surface area contributed by atoms with Gasteiger partial charge in [0.05, 0.1) is 19.4 Å². The van der Waals surface area contributed by atoms with Crippen LogP contribution in [0.5, 0.6) is 11.5 Å². The molecule has 2 rings (SSSR count). The summed E-state index contributed by atoms with van der Waals surface area (Å²) in [6.07, 6.45) is 4.68. The number of amides is 1. The predicted octanol–water partition coefficient (Wildman–Crippen LogP) is 4.67. The smallest absolute Gasteiger partial charge is 0.248 e. The third-order valence-corrected chi connectivity index (χ3v) is 3.52. The molecule has 0 saturated carbocycles. The average Bonchev–Trinajstić information content (AvgIpc) is 2.62. The van der Waals surface area contributed by atoms with Crippen LogP contribution in [0, 0.1) is 5.82 Å². The van der Waals surface area contributed by atoms with Crippen molar-refractivity contribution in [2.24, 2.45) is 0 Å². The molecule has 0 aliphatic heterocycles. The highest BCUT2D eigenvalue weighted by Gasteiger charge is 2.06. The fourth-order valence-corrected chi connectivity index (χ4v) is 2.13. The number of benzene rings is 2. The van der Waals surface area contributed by atoms with Crippen LogP contribution in [0.25, 0.3) is 6.08 Å². The second-order valence-corrected chi connectivity index (χ2v) is 5.41. The lowest BCUT2D eigenvalue weighted by molar-refractivity contribution is -0.111. The number of halogens is 1. The lowest BCUT2D eigenvalue weighted by Crippen LogP contribution is -2.09. The number of ether oxygens (including phenoxy) is 2. The number of hydrogen-bond acceptors (Lipinski definition) is 3. The molecule has 0 heterocycles. The Labute approximate surface area is 147 Å². The van der Waals surface area contributed by atoms with Gasteiger partial charge in [-0.25, -0.2) is 4.39 Å². The number of nitrogens with one attached hydrogen (secondary N) is 1. The van der Waals surface area contributed by atoms with E-state index in [0.29, 0.717) is 29.4 Å². The van der Waals surface area contributed by atoms with E-state index in [1.54, 1.807) is 24.3 Å². The molecule has 4 nitrogen and oxygen atoms in total. The van der Waals surface area contributed by atoms with E-state index in [1.165, 1.54) is 25.3 Å². The van der Waals surface area contributed by atoms with Gasteiger partial charge in [0, 0.05) is 17.7 Å². The summed E-state index contributed by atoms with van der Waals surface area (Å²) in [5.74, 6) is 0.235. The Morgan fingerprint density at radius 3 is 2.76 bits per heavy atom. The molecule has 25 heavy (non-hydrogen) atoms. The molecule has 0 bridgehead atoms. The van der Waals surface area contributed by atoms with Gasteiger partial charge in [-0.2, -0.15) is 0 Å². The summed E-state index contributed by atoms with van der Waals surface area (Å²) < 4.78 is 24.5. The normalized spacial score (nSPS) is 10.7. The predicted molar refractivity (Wildman–Crippen MR) is 97.5 cm³/mol. The largest absolute Gasteiger partial charge is 0.497 e. The third kappa shape index (κ3) is 5.64. The van der Waals surface area contributed by atoms with E-state index >= 15 is 0 Å². The van der Waals surface area contributed by atoms with Crippen LogP contribution in [0.1, 0.15) is 25.3 Å². The number of anilines is 1. The molecule has 0 radical (unpaired) electrons. The maximum Gasteiger partial charge on any atom is 0.248 e. The second-order valence-electron chi connectivity index (χ2n) is 5.41. The maximum atomic E-state index is 13.9. The van der Waals surface area contributed by atoms with Gasteiger partial charge in [-0.3, -0.25) is 4.79 Å². The molecule has 0 unspecified atom stereocenters. The van der Waals surface area contributed by atoms with Crippen molar-refractivity contribution in [1.82, 2.24) is 0 Å². The van der Waals surface area contributed by atoms with Crippen molar-refractivity contribution in [1.29, 1.82) is 0 Å². The third-order valence-electron chi connectivity index (χ3n) is 3.52. The first-order valence-corrected chi connectivity index (χ1v) is 8.18. The Balaban J connectivity index is 2.03. The summed E-state index contributed by atoms with van der Waals surface area (Å²) in [6, 6.07) is 11.7. The fraction of sp³-hybridized carbons (Fsp3) is 0.250. The Kier molecular flexibility index (Phi) is 7.01. The van der Waals surface area contributed by atoms with E-state index in [1.807, 2.05) is 12.1 Å². The first-order chi connectivity index (χ1) is 12.1. The van der Waals surface area contributed by atoms with E-state index in [4.69, 9.17) is 9.47 Å². The Morgan fingerprint density at radius 1 is 1.24 bits per heavy atom. The van der Waals surface area contributed by atoms with Crippen molar-refractivity contribution in [3.63, 3.8) is 0 Å². The number of para-hydroxylation sites is 2. The summed E-state index contributed by atoms with van der Waals surface area (Å²) in [4.78, 5) is 12.1. The molecule has 5 heteroatoms. The van der Waals surface area contributed by atoms with Crippen molar-refractivity contribution in [3.8, 4) is 11.5 Å². The first-order valence-electron chi connectivity index (χ1n) is 8.18. The Morgan fingerprint density at radius 2 is 2.04 bits per heavy atom. The van der Waals surface area contributed by atoms with Gasteiger partial charge in [0.2, 0.25) is 5.91 Å². The molecular weight excluding hydrogens is 321 g/mol. The van der Waals surface area contributed by atoms with Crippen LogP contribution in [-0.4, -0.2) is 19.6 Å². The van der Waals surface area contributed by atoms with Gasteiger partial charge in [-0.1, -0.05) is 25.5 Å². The molecule has 0 fully saturated rings. The first kappa shape index (κ1) is 18.5. The lowest BCUT2D eigenvalue weighted by Gasteiger charge is -2.11. The maximum absolute atomic E-state index is 13.9. The van der Waals surface area contributed by atoms with Crippen LogP contribution in [0.2, 0.25) is 0 Å². The van der Waals surface area contributed by atoms with Gasteiger partial charge in [0.15, 0.2) is 0 Å². The highest BCUT2D eigenvalue weighted by atomic mass is 19.1. The standard InChI is InChI=1S/C20H22FNO3/c1-3-4-13-25-19-8-6-5-7-18(19)22-20(23)12-10-15-9-11-16(24-2)14-17(15)21/h5-12,14H,3-4,13H2,1-2H3,(H,22,23)/b12-10+. The molecule has 0 aliphatic rings. The van der Waals surface area contributed by atoms with Crippen molar-refractivity contribution >= 4 is 17.7 Å². The molecule has 1 amide bonds. The van der Waals surface area contributed by atoms with E-state index in [2.05, 4.69) is 12.2 Å². The molecule has 0 aliphatic carbocycles. The average molecular weight is 343 g/mol. The summed E-state index contributed by atoms with van der Waals surface area (Å²) in [5, 5.41) is 2.75. The minimum atomic E-state index is -0.452. The second kappa shape index (κ2) is 9.47. The Hall–Kier alpha value is -2.82. The van der Waals surface area contributed by atoms with Gasteiger partial charge in [0.1, 0.15) is 17.3 Å². The number of hydrogen-bond donors (Lipinski definition) is 1. The van der Waals surface area contributed by atoms with Crippen LogP contribution in [-0.2, 0) is 4.79 Å². The van der Waals surface area contributed by atoms with Crippen molar-refractivity contribution in [2.45, 2.75) is 19.8 Å². The van der Waals surface area contributed by atoms with Gasteiger partial charge in [-0.15, -0.1) is 0 Å². The van der Waals surface area contributed by atoms with Crippen LogP contribution >= 0.6 is 0 Å². The summed E-state index contributed by atoms with van der Waals surface area (Å²) in [6.45, 7) is 2.68. The van der Waals surface area contributed by atoms with Gasteiger partial charge in [-0.05, 0) is 36.8 Å². The van der Waals surface area contributed by atoms with Gasteiger partial charge in [0.25, 0.3) is 0 Å². The molecular formula is C20H22FNO3. The van der Waals surface area contributed by atoms with E-state index in [0.717, 1.165) is 12.8 Å². The fourth-order valence-electron chi connectivity index (χ4n) is 2.13. The van der Waals surface area contributed by atoms with Crippen LogP contribution in [0.15, 0.2) is 48.5 Å². The zero-order chi connectivity index (χ0) is 18.1. The minimum absolute atomic E-state index is 0.309. The zero-order valence-electron chi connectivity index (χ0n) is 14.4. The van der Waals surface area contributed by atoms with E-state index < -0.39 is 5.82 Å². The molecule has 2 aromatic rings. The van der Waals surface area contributed by atoms with Crippen molar-refractivity contribution < 1.29 is 18.7 Å². The molecule has 0 atom stereocenters. The molecule has 1 N–H and O–H groups in total. The van der Waals surface area contributed by atoms with E-state index in [-0.39, 0.29) is 5.91 Å². The quantitative estimate of drug-likeness (QED) is 0.560. The topological polar surface area (TPSA) is 47.6 Å². The molecule has 0 saturated heterocycles. The van der Waals surface area contributed by atoms with Crippen molar-refractivity contribution in [3.05, 3.63) is 59.9 Å². The number of carbonyl (C=O) groups excluding carboxylic acids is 1. The van der Waals surface area contributed by atoms with Crippen LogP contribution in [0.3, 0.4) is 0 Å². The lowest BCUT2D eigenvalue weighted by atomic mass is 10.2. The molecule has 0 spiro atoms. The number of unbranched alkanes of at least 4 members (excludes halogenated alkanes) is 1. The van der Waals surface area contributed by atoms with Crippen LogP contribution < -0.4 is 14.8 Å². The molecule has 132 valence electrons. The number of methoxy groups -OCH3 is 1. The SMILES string of the molecule is CCCCOc1ccccc1NC(=O)/C=C/c1ccc(OC)cc1F. The highest BCUT2D eigenvalue weighted by Crippen LogP contribution is 2.24. The van der Waals surface area contributed by atoms with Crippen molar-refractivity contribution in [2.75, 3.05) is 19.0 Å². The molecule has 2 aromatic carbocycles. The van der Waals surface area contributed by atoms with E-state index in [9.17, 15) is 9.18 Å². The number of carbonyl (C=O) groups is 1. The Bertz CT molecular complexity index is 743.